The molecule has 0 radical (unpaired) electrons. The van der Waals surface area contributed by atoms with Crippen molar-refractivity contribution in [3.63, 3.8) is 0 Å². The van der Waals surface area contributed by atoms with E-state index >= 15 is 0 Å². The molecule has 27 heavy (non-hydrogen) atoms. The monoisotopic (exact) mass is 357 g/mol. The molecule has 0 bridgehead atoms. The number of aromatic nitrogens is 5. The first-order valence-corrected chi connectivity index (χ1v) is 8.80. The van der Waals surface area contributed by atoms with E-state index in [-0.39, 0.29) is 0 Å². The van der Waals surface area contributed by atoms with Crippen LogP contribution in [-0.4, -0.2) is 43.5 Å². The van der Waals surface area contributed by atoms with Gasteiger partial charge in [-0.2, -0.15) is 10.2 Å². The van der Waals surface area contributed by atoms with E-state index in [0.717, 1.165) is 39.9 Å². The molecule has 7 nitrogen and oxygen atoms in total. The van der Waals surface area contributed by atoms with E-state index in [0.29, 0.717) is 5.82 Å². The molecule has 2 N–H and O–H groups in total. The number of rotatable bonds is 3. The lowest BCUT2D eigenvalue weighted by Crippen LogP contribution is -2.16. The van der Waals surface area contributed by atoms with Crippen molar-refractivity contribution < 1.29 is 0 Å². The van der Waals surface area contributed by atoms with Crippen LogP contribution in [0.3, 0.4) is 0 Å². The van der Waals surface area contributed by atoms with Crippen LogP contribution in [0, 0.1) is 0 Å². The fourth-order valence-corrected chi connectivity index (χ4v) is 3.48. The van der Waals surface area contributed by atoms with Crippen LogP contribution in [0.1, 0.15) is 5.69 Å². The molecule has 0 fully saturated rings. The van der Waals surface area contributed by atoms with Crippen LogP contribution in [0.5, 0.6) is 0 Å². The average molecular weight is 357 g/mol. The van der Waals surface area contributed by atoms with Gasteiger partial charge in [0.05, 0.1) is 16.7 Å². The Morgan fingerprint density at radius 2 is 2.11 bits per heavy atom. The second kappa shape index (κ2) is 5.98. The normalized spacial score (nSPS) is 14.1. The summed E-state index contributed by atoms with van der Waals surface area (Å²) in [7, 11) is 4.04. The Bertz CT molecular complexity index is 1210. The van der Waals surface area contributed by atoms with Crippen LogP contribution < -0.4 is 5.32 Å². The number of benzene rings is 1. The largest absolute Gasteiger partial charge is 0.376 e. The number of hydrogen-bond donors (Lipinski definition) is 2. The molecular formula is C20H19N7. The van der Waals surface area contributed by atoms with E-state index in [2.05, 4.69) is 69.0 Å². The summed E-state index contributed by atoms with van der Waals surface area (Å²) in [5.41, 5.74) is 6.00. The molecule has 0 saturated carbocycles. The van der Waals surface area contributed by atoms with E-state index in [4.69, 9.17) is 5.10 Å². The Labute approximate surface area is 156 Å². The summed E-state index contributed by atoms with van der Waals surface area (Å²) in [6.07, 6.45) is 8.03. The van der Waals surface area contributed by atoms with Crippen molar-refractivity contribution in [1.29, 1.82) is 0 Å². The molecule has 1 aliphatic rings. The Morgan fingerprint density at radius 3 is 3.00 bits per heavy atom. The van der Waals surface area contributed by atoms with Crippen LogP contribution in [0.4, 0.5) is 11.5 Å². The molecule has 4 heterocycles. The third-order valence-corrected chi connectivity index (χ3v) is 4.80. The van der Waals surface area contributed by atoms with E-state index in [1.165, 1.54) is 5.57 Å². The van der Waals surface area contributed by atoms with Crippen molar-refractivity contribution in [2.24, 2.45) is 7.05 Å². The van der Waals surface area contributed by atoms with E-state index in [9.17, 15) is 0 Å². The van der Waals surface area contributed by atoms with Gasteiger partial charge in [0.1, 0.15) is 5.52 Å². The Morgan fingerprint density at radius 1 is 1.19 bits per heavy atom. The second-order valence-electron chi connectivity index (χ2n) is 6.75. The molecule has 0 unspecified atom stereocenters. The zero-order valence-corrected chi connectivity index (χ0v) is 15.1. The first kappa shape index (κ1) is 15.6. The quantitative estimate of drug-likeness (QED) is 0.588. The minimum absolute atomic E-state index is 0.717. The van der Waals surface area contributed by atoms with Gasteiger partial charge in [-0.05, 0) is 48.2 Å². The van der Waals surface area contributed by atoms with Gasteiger partial charge < -0.3 is 10.2 Å². The van der Waals surface area contributed by atoms with Crippen molar-refractivity contribution in [1.82, 2.24) is 29.9 Å². The van der Waals surface area contributed by atoms with Crippen LogP contribution >= 0.6 is 0 Å². The van der Waals surface area contributed by atoms with Crippen molar-refractivity contribution in [3.8, 4) is 0 Å². The maximum absolute atomic E-state index is 4.76. The molecule has 4 aromatic rings. The Hall–Kier alpha value is -3.61. The summed E-state index contributed by atoms with van der Waals surface area (Å²) in [6, 6.07) is 10.1. The van der Waals surface area contributed by atoms with Gasteiger partial charge in [-0.15, -0.1) is 0 Å². The van der Waals surface area contributed by atoms with Gasteiger partial charge in [-0.1, -0.05) is 6.08 Å². The molecular weight excluding hydrogens is 338 g/mol. The topological polar surface area (TPSA) is 74.7 Å². The molecule has 5 rings (SSSR count). The Kier molecular flexibility index (Phi) is 3.46. The van der Waals surface area contributed by atoms with Crippen molar-refractivity contribution in [2.45, 2.75) is 0 Å². The average Bonchev–Trinajstić information content (AvgIpc) is 3.23. The van der Waals surface area contributed by atoms with Crippen LogP contribution in [-0.2, 0) is 7.05 Å². The number of allylic oxidation sites excluding steroid dienone is 2. The number of fused-ring (bicyclic) bond motifs is 2. The molecule has 0 aliphatic carbocycles. The molecule has 0 atom stereocenters. The smallest absolute Gasteiger partial charge is 0.178 e. The van der Waals surface area contributed by atoms with Gasteiger partial charge in [0.15, 0.2) is 5.82 Å². The van der Waals surface area contributed by atoms with Gasteiger partial charge in [0.2, 0.25) is 0 Å². The fourth-order valence-electron chi connectivity index (χ4n) is 3.48. The number of nitrogens with zero attached hydrogens (tertiary/aromatic N) is 5. The summed E-state index contributed by atoms with van der Waals surface area (Å²) in [6.45, 7) is 0.855. The Balaban J connectivity index is 1.54. The maximum atomic E-state index is 4.76. The number of aromatic amines is 1. The number of nitrogens with one attached hydrogen (secondary N) is 2. The predicted molar refractivity (Wildman–Crippen MR) is 108 cm³/mol. The van der Waals surface area contributed by atoms with E-state index in [1.54, 1.807) is 6.20 Å². The van der Waals surface area contributed by atoms with Gasteiger partial charge >= 0.3 is 0 Å². The van der Waals surface area contributed by atoms with Crippen molar-refractivity contribution in [2.75, 3.05) is 18.9 Å². The van der Waals surface area contributed by atoms with Crippen LogP contribution in [0.25, 0.3) is 27.5 Å². The standard InChI is InChI=1S/C20H19N7/c1-26-10-4-5-13(12-26)18-15-8-7-14(11-17(15)27(2)25-18)22-20-19-16(23-24-20)6-3-9-21-19/h3-11H,12H2,1-2H3,(H2,22,23,24). The highest BCUT2D eigenvalue weighted by molar-refractivity contribution is 5.94. The highest BCUT2D eigenvalue weighted by Crippen LogP contribution is 2.30. The van der Waals surface area contributed by atoms with Crippen molar-refractivity contribution in [3.05, 3.63) is 60.6 Å². The minimum Gasteiger partial charge on any atom is -0.376 e. The summed E-state index contributed by atoms with van der Waals surface area (Å²) in [5.74, 6) is 0.717. The fraction of sp³-hybridized carbons (Fsp3) is 0.150. The second-order valence-corrected chi connectivity index (χ2v) is 6.75. The number of pyridine rings is 1. The van der Waals surface area contributed by atoms with Crippen LogP contribution in [0.15, 0.2) is 54.9 Å². The maximum Gasteiger partial charge on any atom is 0.178 e. The summed E-state index contributed by atoms with van der Waals surface area (Å²) in [4.78, 5) is 6.55. The zero-order chi connectivity index (χ0) is 18.4. The summed E-state index contributed by atoms with van der Waals surface area (Å²) < 4.78 is 1.93. The lowest BCUT2D eigenvalue weighted by molar-refractivity contribution is 0.512. The van der Waals surface area contributed by atoms with Crippen molar-refractivity contribution >= 4 is 39.0 Å². The lowest BCUT2D eigenvalue weighted by Gasteiger charge is -2.18. The summed E-state index contributed by atoms with van der Waals surface area (Å²) >= 11 is 0. The molecule has 1 aliphatic heterocycles. The van der Waals surface area contributed by atoms with E-state index in [1.807, 2.05) is 23.9 Å². The first-order valence-electron chi connectivity index (χ1n) is 8.80. The highest BCUT2D eigenvalue weighted by atomic mass is 15.3. The molecule has 134 valence electrons. The first-order chi connectivity index (χ1) is 13.2. The molecule has 0 spiro atoms. The van der Waals surface area contributed by atoms with Gasteiger partial charge in [-0.3, -0.25) is 14.8 Å². The number of likely N-dealkylation sites (N-methyl/N-ethyl adjacent to an activating group) is 1. The SMILES string of the molecule is CN1C=CC=C(c2nn(C)c3cc(Nc4n[nH]c5cccnc45)ccc23)C1. The van der Waals surface area contributed by atoms with Crippen LogP contribution in [0.2, 0.25) is 0 Å². The summed E-state index contributed by atoms with van der Waals surface area (Å²) in [5, 5.41) is 16.6. The third-order valence-electron chi connectivity index (χ3n) is 4.80. The van der Waals surface area contributed by atoms with Gasteiger partial charge in [-0.25, -0.2) is 0 Å². The number of aryl methyl sites for hydroxylation is 1. The number of anilines is 2. The predicted octanol–water partition coefficient (Wildman–Crippen LogP) is 3.43. The van der Waals surface area contributed by atoms with Gasteiger partial charge in [0, 0.05) is 37.9 Å². The highest BCUT2D eigenvalue weighted by Gasteiger charge is 2.16. The van der Waals surface area contributed by atoms with Gasteiger partial charge in [0.25, 0.3) is 0 Å². The molecule has 1 aromatic carbocycles. The lowest BCUT2D eigenvalue weighted by atomic mass is 10.1. The number of hydrogen-bond acceptors (Lipinski definition) is 5. The molecule has 0 saturated heterocycles. The van der Waals surface area contributed by atoms with E-state index < -0.39 is 0 Å². The molecule has 0 amide bonds. The molecule has 3 aromatic heterocycles. The number of H-pyrrole nitrogens is 1. The zero-order valence-electron chi connectivity index (χ0n) is 15.1. The minimum atomic E-state index is 0.717. The third kappa shape index (κ3) is 2.64. The molecule has 7 heteroatoms.